The summed E-state index contributed by atoms with van der Waals surface area (Å²) in [5.74, 6) is 1.87. The third-order valence-electron chi connectivity index (χ3n) is 1.98. The van der Waals surface area contributed by atoms with Crippen molar-refractivity contribution < 1.29 is 5.11 Å². The number of hydrogen-bond donors (Lipinski definition) is 1. The molecule has 0 fully saturated rings. The molecule has 2 atom stereocenters. The Balaban J connectivity index is 2.41. The van der Waals surface area contributed by atoms with Crippen LogP contribution in [-0.4, -0.2) is 23.2 Å². The molecule has 76 valence electrons. The van der Waals surface area contributed by atoms with E-state index in [2.05, 4.69) is 37.1 Å². The van der Waals surface area contributed by atoms with Crippen LogP contribution in [0.5, 0.6) is 0 Å². The van der Waals surface area contributed by atoms with Crippen molar-refractivity contribution in [2.45, 2.75) is 11.9 Å². The molecule has 2 heteroatoms. The summed E-state index contributed by atoms with van der Waals surface area (Å²) < 4.78 is 0. The van der Waals surface area contributed by atoms with Gasteiger partial charge in [0.25, 0.3) is 0 Å². The summed E-state index contributed by atoms with van der Waals surface area (Å²) in [6.45, 7) is 3.58. The van der Waals surface area contributed by atoms with Crippen LogP contribution in [0.15, 0.2) is 43.0 Å². The third kappa shape index (κ3) is 3.99. The molecule has 0 aromatic heterocycles. The summed E-state index contributed by atoms with van der Waals surface area (Å²) in [6.07, 6.45) is 3.43. The molecule has 1 aromatic carbocycles. The average Bonchev–Trinajstić information content (AvgIpc) is 2.19. The van der Waals surface area contributed by atoms with Crippen molar-refractivity contribution >= 4 is 10.9 Å². The standard InChI is InChI=1S/C12H17OS/c1-3-12(13)10-14(2)9-11-7-5-4-6-8-11/h3-8,12-13H,1,9-10H2,2H3/q+1. The summed E-state index contributed by atoms with van der Waals surface area (Å²) in [4.78, 5) is 0. The Labute approximate surface area is 88.8 Å². The van der Waals surface area contributed by atoms with Gasteiger partial charge in [-0.25, -0.2) is 0 Å². The molecular weight excluding hydrogens is 192 g/mol. The maximum absolute atomic E-state index is 9.40. The Hall–Kier alpha value is -0.730. The molecule has 0 aliphatic carbocycles. The summed E-state index contributed by atoms with van der Waals surface area (Å²) in [6, 6.07) is 10.4. The monoisotopic (exact) mass is 209 g/mol. The van der Waals surface area contributed by atoms with E-state index in [9.17, 15) is 5.11 Å². The van der Waals surface area contributed by atoms with Crippen molar-refractivity contribution in [3.05, 3.63) is 48.6 Å². The van der Waals surface area contributed by atoms with Crippen molar-refractivity contribution in [2.75, 3.05) is 12.0 Å². The largest absolute Gasteiger partial charge is 0.384 e. The van der Waals surface area contributed by atoms with Gasteiger partial charge in [-0.1, -0.05) is 36.4 Å². The normalized spacial score (nSPS) is 14.7. The molecule has 0 spiro atoms. The van der Waals surface area contributed by atoms with Gasteiger partial charge in [-0.2, -0.15) is 0 Å². The number of rotatable bonds is 5. The van der Waals surface area contributed by atoms with Crippen molar-refractivity contribution in [1.82, 2.24) is 0 Å². The molecule has 1 rings (SSSR count). The highest BCUT2D eigenvalue weighted by Gasteiger charge is 2.15. The summed E-state index contributed by atoms with van der Waals surface area (Å²) in [7, 11) is 0.228. The third-order valence-corrected chi connectivity index (χ3v) is 3.72. The van der Waals surface area contributed by atoms with Crippen molar-refractivity contribution in [3.8, 4) is 0 Å². The van der Waals surface area contributed by atoms with E-state index in [1.54, 1.807) is 6.08 Å². The minimum Gasteiger partial charge on any atom is -0.384 e. The maximum Gasteiger partial charge on any atom is 0.137 e. The first-order chi connectivity index (χ1) is 6.72. The Kier molecular flexibility index (Phi) is 4.77. The van der Waals surface area contributed by atoms with Gasteiger partial charge >= 0.3 is 0 Å². The van der Waals surface area contributed by atoms with Gasteiger partial charge in [0.2, 0.25) is 0 Å². The molecular formula is C12H17OS+. The second kappa shape index (κ2) is 5.89. The van der Waals surface area contributed by atoms with E-state index >= 15 is 0 Å². The number of aliphatic hydroxyl groups excluding tert-OH is 1. The average molecular weight is 209 g/mol. The molecule has 0 saturated heterocycles. The van der Waals surface area contributed by atoms with E-state index in [1.165, 1.54) is 5.56 Å². The lowest BCUT2D eigenvalue weighted by Gasteiger charge is -2.06. The van der Waals surface area contributed by atoms with Crippen molar-refractivity contribution in [1.29, 1.82) is 0 Å². The van der Waals surface area contributed by atoms with Gasteiger partial charge in [0.1, 0.15) is 17.6 Å². The van der Waals surface area contributed by atoms with Crippen LogP contribution in [0.2, 0.25) is 0 Å². The number of hydrogen-bond acceptors (Lipinski definition) is 1. The van der Waals surface area contributed by atoms with Crippen LogP contribution in [0.1, 0.15) is 5.56 Å². The molecule has 14 heavy (non-hydrogen) atoms. The molecule has 0 aliphatic rings. The van der Waals surface area contributed by atoms with Gasteiger partial charge in [-0.15, -0.1) is 6.58 Å². The molecule has 0 bridgehead atoms. The Morgan fingerprint density at radius 3 is 2.64 bits per heavy atom. The van der Waals surface area contributed by atoms with E-state index in [-0.39, 0.29) is 17.0 Å². The highest BCUT2D eigenvalue weighted by atomic mass is 32.2. The van der Waals surface area contributed by atoms with E-state index in [1.807, 2.05) is 6.07 Å². The van der Waals surface area contributed by atoms with E-state index in [0.29, 0.717) is 0 Å². The van der Waals surface area contributed by atoms with Crippen molar-refractivity contribution in [3.63, 3.8) is 0 Å². The molecule has 1 N–H and O–H groups in total. The second-order valence-corrected chi connectivity index (χ2v) is 5.57. The molecule has 1 nitrogen and oxygen atoms in total. The molecule has 0 heterocycles. The Morgan fingerprint density at radius 2 is 2.07 bits per heavy atom. The second-order valence-electron chi connectivity index (χ2n) is 3.38. The molecule has 0 aliphatic heterocycles. The molecule has 0 saturated carbocycles. The highest BCUT2D eigenvalue weighted by molar-refractivity contribution is 7.95. The Morgan fingerprint density at radius 1 is 1.43 bits per heavy atom. The quantitative estimate of drug-likeness (QED) is 0.581. The highest BCUT2D eigenvalue weighted by Crippen LogP contribution is 2.07. The molecule has 1 aromatic rings. The van der Waals surface area contributed by atoms with Gasteiger partial charge in [0.15, 0.2) is 0 Å². The molecule has 0 radical (unpaired) electrons. The van der Waals surface area contributed by atoms with Crippen LogP contribution >= 0.6 is 0 Å². The zero-order valence-electron chi connectivity index (χ0n) is 8.52. The summed E-state index contributed by atoms with van der Waals surface area (Å²) >= 11 is 0. The minimum atomic E-state index is -0.355. The predicted molar refractivity (Wildman–Crippen MR) is 64.5 cm³/mol. The van der Waals surface area contributed by atoms with Gasteiger partial charge in [0.05, 0.1) is 6.26 Å². The van der Waals surface area contributed by atoms with Crippen LogP contribution in [-0.2, 0) is 16.6 Å². The van der Waals surface area contributed by atoms with E-state index < -0.39 is 0 Å². The topological polar surface area (TPSA) is 20.2 Å². The smallest absolute Gasteiger partial charge is 0.137 e. The van der Waals surface area contributed by atoms with Crippen LogP contribution in [0.3, 0.4) is 0 Å². The van der Waals surface area contributed by atoms with Crippen LogP contribution in [0.25, 0.3) is 0 Å². The fraction of sp³-hybridized carbons (Fsp3) is 0.333. The lowest BCUT2D eigenvalue weighted by atomic mass is 10.2. The van der Waals surface area contributed by atoms with E-state index in [4.69, 9.17) is 0 Å². The Bertz CT molecular complexity index is 271. The fourth-order valence-corrected chi connectivity index (χ4v) is 2.88. The van der Waals surface area contributed by atoms with Crippen LogP contribution < -0.4 is 0 Å². The number of aliphatic hydroxyl groups is 1. The lowest BCUT2D eigenvalue weighted by Crippen LogP contribution is -2.19. The number of benzene rings is 1. The van der Waals surface area contributed by atoms with E-state index in [0.717, 1.165) is 11.5 Å². The SMILES string of the molecule is C=CC(O)C[S+](C)Cc1ccccc1. The van der Waals surface area contributed by atoms with Gasteiger partial charge in [-0.05, 0) is 10.9 Å². The first kappa shape index (κ1) is 11.3. The first-order valence-corrected chi connectivity index (χ1v) is 6.63. The molecule has 2 unspecified atom stereocenters. The van der Waals surface area contributed by atoms with Gasteiger partial charge < -0.3 is 5.11 Å². The van der Waals surface area contributed by atoms with Crippen LogP contribution in [0.4, 0.5) is 0 Å². The zero-order valence-corrected chi connectivity index (χ0v) is 9.33. The first-order valence-electron chi connectivity index (χ1n) is 4.66. The van der Waals surface area contributed by atoms with Crippen molar-refractivity contribution in [2.24, 2.45) is 0 Å². The van der Waals surface area contributed by atoms with Crippen LogP contribution in [0, 0.1) is 0 Å². The molecule has 0 amide bonds. The zero-order chi connectivity index (χ0) is 10.4. The van der Waals surface area contributed by atoms with Gasteiger partial charge in [0, 0.05) is 5.56 Å². The van der Waals surface area contributed by atoms with Gasteiger partial charge in [-0.3, -0.25) is 0 Å². The summed E-state index contributed by atoms with van der Waals surface area (Å²) in [5, 5.41) is 9.40. The maximum atomic E-state index is 9.40. The summed E-state index contributed by atoms with van der Waals surface area (Å²) in [5.41, 5.74) is 1.34. The fourth-order valence-electron chi connectivity index (χ4n) is 1.28. The lowest BCUT2D eigenvalue weighted by molar-refractivity contribution is 0.248. The predicted octanol–water partition coefficient (Wildman–Crippen LogP) is 1.98. The minimum absolute atomic E-state index is 0.228.